The first-order chi connectivity index (χ1) is 21.3. The van der Waals surface area contributed by atoms with Gasteiger partial charge >= 0.3 is 0 Å². The van der Waals surface area contributed by atoms with Crippen LogP contribution in [-0.4, -0.2) is 57.1 Å². The zero-order valence-corrected chi connectivity index (χ0v) is 25.8. The second-order valence-electron chi connectivity index (χ2n) is 12.2. The molecule has 0 unspecified atom stereocenters. The molecule has 2 aliphatic heterocycles. The molecule has 2 aromatic heterocycles. The van der Waals surface area contributed by atoms with Gasteiger partial charge in [0.15, 0.2) is 0 Å². The van der Waals surface area contributed by atoms with E-state index in [2.05, 4.69) is 34.0 Å². The van der Waals surface area contributed by atoms with Crippen molar-refractivity contribution in [2.24, 2.45) is 0 Å². The van der Waals surface area contributed by atoms with Crippen LogP contribution in [0, 0.1) is 0 Å². The van der Waals surface area contributed by atoms with Crippen molar-refractivity contribution < 1.29 is 15.0 Å². The van der Waals surface area contributed by atoms with Crippen molar-refractivity contribution in [1.82, 2.24) is 19.8 Å². The van der Waals surface area contributed by atoms with Crippen molar-refractivity contribution >= 4 is 24.4 Å². The number of nitrogens with zero attached hydrogens (tertiary/aromatic N) is 4. The number of pyridine rings is 2. The maximum absolute atomic E-state index is 14.5. The van der Waals surface area contributed by atoms with E-state index < -0.39 is 13.6 Å². The maximum atomic E-state index is 14.5. The summed E-state index contributed by atoms with van der Waals surface area (Å²) < 4.78 is 0. The minimum atomic E-state index is -2.39. The first-order valence-corrected chi connectivity index (χ1v) is 17.9. The van der Waals surface area contributed by atoms with Gasteiger partial charge in [-0.3, -0.25) is 19.7 Å². The van der Waals surface area contributed by atoms with Crippen LogP contribution in [-0.2, 0) is 18.6 Å². The zero-order valence-electron chi connectivity index (χ0n) is 24.8. The molecule has 3 aromatic carbocycles. The van der Waals surface area contributed by atoms with Crippen LogP contribution in [0.2, 0.25) is 13.1 Å². The highest BCUT2D eigenvalue weighted by atomic mass is 28.3. The third kappa shape index (κ3) is 4.41. The first kappa shape index (κ1) is 28.0. The number of fused-ring (bicyclic) bond motifs is 6. The Bertz CT molecular complexity index is 1770. The summed E-state index contributed by atoms with van der Waals surface area (Å²) in [6.45, 7) is 6.71. The third-order valence-electron chi connectivity index (χ3n) is 9.19. The van der Waals surface area contributed by atoms with Crippen LogP contribution < -0.4 is 10.4 Å². The number of hydrogen-bond acceptors (Lipinski definition) is 6. The molecule has 44 heavy (non-hydrogen) atoms. The third-order valence-corrected chi connectivity index (χ3v) is 12.7. The number of carbonyl (C=O) groups excluding carboxylic acids is 1. The van der Waals surface area contributed by atoms with E-state index in [0.717, 1.165) is 38.5 Å². The fraction of sp³-hybridized carbons (Fsp3) is 0.194. The molecule has 1 spiro atoms. The molecule has 0 radical (unpaired) electrons. The molecule has 1 amide bonds. The van der Waals surface area contributed by atoms with E-state index >= 15 is 0 Å². The van der Waals surface area contributed by atoms with Crippen LogP contribution in [0.5, 0.6) is 11.5 Å². The topological polar surface area (TPSA) is 89.8 Å². The van der Waals surface area contributed by atoms with Crippen LogP contribution in [0.4, 0.5) is 0 Å². The lowest BCUT2D eigenvalue weighted by Crippen LogP contribution is -2.66. The van der Waals surface area contributed by atoms with Crippen LogP contribution >= 0.6 is 0 Å². The van der Waals surface area contributed by atoms with Crippen LogP contribution in [0.1, 0.15) is 38.4 Å². The number of aromatic hydroxyl groups is 2. The van der Waals surface area contributed by atoms with Gasteiger partial charge in [-0.15, -0.1) is 0 Å². The Morgan fingerprint density at radius 2 is 1.27 bits per heavy atom. The summed E-state index contributed by atoms with van der Waals surface area (Å²) in [6, 6.07) is 30.9. The van der Waals surface area contributed by atoms with E-state index in [1.807, 2.05) is 83.8 Å². The number of hydrogen-bond donors (Lipinski definition) is 2. The Morgan fingerprint density at radius 1 is 0.727 bits per heavy atom. The molecule has 0 saturated carbocycles. The number of carbonyl (C=O) groups is 1. The summed E-state index contributed by atoms with van der Waals surface area (Å²) in [5.74, 6) is 0.365. The lowest BCUT2D eigenvalue weighted by atomic mass is 9.76. The van der Waals surface area contributed by atoms with Crippen molar-refractivity contribution in [3.8, 4) is 11.5 Å². The monoisotopic (exact) mass is 598 g/mol. The van der Waals surface area contributed by atoms with E-state index in [0.29, 0.717) is 31.7 Å². The molecule has 7 nitrogen and oxygen atoms in total. The lowest BCUT2D eigenvalue weighted by Gasteiger charge is -2.49. The highest BCUT2D eigenvalue weighted by Gasteiger charge is 2.58. The second kappa shape index (κ2) is 10.7. The molecular formula is C36H34N4O3Si. The molecule has 220 valence electrons. The minimum absolute atomic E-state index is 0.0318. The highest BCUT2D eigenvalue weighted by molar-refractivity contribution is 7.01. The quantitative estimate of drug-likeness (QED) is 0.269. The standard InChI is InChI=1S/C36H34N4O3Si/c1-44(2)33-21-27(41)13-15-31(33)36(32-16-14-28(42)22-34(32)44)30-12-4-3-11-29(30)35(43)40(36)20-19-39(23-25-9-5-7-17-37-25)24-26-10-6-8-18-38-26/h3-18,21-22,41-42H,19-20,23-24H2,1-2H3. The number of phenols is 2. The summed E-state index contributed by atoms with van der Waals surface area (Å²) in [4.78, 5) is 28.0. The van der Waals surface area contributed by atoms with Gasteiger partial charge in [-0.25, -0.2) is 0 Å². The van der Waals surface area contributed by atoms with E-state index in [9.17, 15) is 15.0 Å². The first-order valence-electron chi connectivity index (χ1n) is 14.9. The second-order valence-corrected chi connectivity index (χ2v) is 16.5. The normalized spacial score (nSPS) is 15.7. The molecule has 4 heterocycles. The van der Waals surface area contributed by atoms with Crippen molar-refractivity contribution in [2.45, 2.75) is 31.7 Å². The van der Waals surface area contributed by atoms with Gasteiger partial charge in [0, 0.05) is 44.1 Å². The molecule has 0 fully saturated rings. The average molecular weight is 599 g/mol. The molecule has 0 aliphatic carbocycles. The smallest absolute Gasteiger partial charge is 0.255 e. The Balaban J connectivity index is 1.38. The largest absolute Gasteiger partial charge is 0.508 e. The number of phenolic OH excluding ortho intramolecular Hbond substituents is 2. The molecule has 2 aliphatic rings. The Hall–Kier alpha value is -4.79. The van der Waals surface area contributed by atoms with Crippen molar-refractivity contribution in [3.05, 3.63) is 143 Å². The van der Waals surface area contributed by atoms with Gasteiger partial charge < -0.3 is 15.1 Å². The molecule has 2 N–H and O–H groups in total. The Morgan fingerprint density at radius 3 is 1.82 bits per heavy atom. The minimum Gasteiger partial charge on any atom is -0.508 e. The van der Waals surface area contributed by atoms with Gasteiger partial charge in [0.05, 0.1) is 11.4 Å². The fourth-order valence-electron chi connectivity index (χ4n) is 7.20. The van der Waals surface area contributed by atoms with Gasteiger partial charge in [-0.05, 0) is 81.7 Å². The van der Waals surface area contributed by atoms with Crippen molar-refractivity contribution in [1.29, 1.82) is 0 Å². The maximum Gasteiger partial charge on any atom is 0.255 e. The van der Waals surface area contributed by atoms with Crippen molar-refractivity contribution in [2.75, 3.05) is 13.1 Å². The molecule has 8 heteroatoms. The number of aromatic nitrogens is 2. The molecule has 0 bridgehead atoms. The number of amides is 1. The van der Waals surface area contributed by atoms with Crippen molar-refractivity contribution in [3.63, 3.8) is 0 Å². The zero-order chi connectivity index (χ0) is 30.5. The summed E-state index contributed by atoms with van der Waals surface area (Å²) in [6.07, 6.45) is 3.60. The number of benzene rings is 3. The lowest BCUT2D eigenvalue weighted by molar-refractivity contribution is 0.0641. The SMILES string of the molecule is C[Si]1(C)c2cc(O)ccc2C2(c3ccccc3C(=O)N2CCN(Cc2ccccn2)Cc2ccccn2)c2ccc(O)cc21. The van der Waals surface area contributed by atoms with E-state index in [1.54, 1.807) is 24.5 Å². The van der Waals surface area contributed by atoms with E-state index in [-0.39, 0.29) is 17.4 Å². The Labute approximate surface area is 258 Å². The molecule has 0 atom stereocenters. The summed E-state index contributed by atoms with van der Waals surface area (Å²) >= 11 is 0. The van der Waals surface area contributed by atoms with Gasteiger partial charge in [-0.2, -0.15) is 0 Å². The van der Waals surface area contributed by atoms with Gasteiger partial charge in [0.25, 0.3) is 5.91 Å². The predicted octanol–water partition coefficient (Wildman–Crippen LogP) is 4.47. The van der Waals surface area contributed by atoms with Crippen LogP contribution in [0.25, 0.3) is 0 Å². The summed E-state index contributed by atoms with van der Waals surface area (Å²) in [7, 11) is -2.39. The molecule has 0 saturated heterocycles. The van der Waals surface area contributed by atoms with E-state index in [4.69, 9.17) is 0 Å². The van der Waals surface area contributed by atoms with Crippen LogP contribution in [0.3, 0.4) is 0 Å². The van der Waals surface area contributed by atoms with E-state index in [1.165, 1.54) is 0 Å². The summed E-state index contributed by atoms with van der Waals surface area (Å²) in [5, 5.41) is 23.5. The fourth-order valence-corrected chi connectivity index (χ4v) is 10.4. The van der Waals surface area contributed by atoms with Gasteiger partial charge in [-0.1, -0.05) is 55.6 Å². The van der Waals surface area contributed by atoms with Gasteiger partial charge in [0.2, 0.25) is 0 Å². The predicted molar refractivity (Wildman–Crippen MR) is 173 cm³/mol. The molecule has 7 rings (SSSR count). The van der Waals surface area contributed by atoms with Gasteiger partial charge in [0.1, 0.15) is 25.1 Å². The molecular weight excluding hydrogens is 565 g/mol. The Kier molecular flexibility index (Phi) is 6.83. The molecule has 5 aromatic rings. The number of rotatable bonds is 7. The highest BCUT2D eigenvalue weighted by Crippen LogP contribution is 2.51. The average Bonchev–Trinajstić information content (AvgIpc) is 3.28. The van der Waals surface area contributed by atoms with Crippen LogP contribution in [0.15, 0.2) is 109 Å². The summed E-state index contributed by atoms with van der Waals surface area (Å²) in [5.41, 5.74) is 4.61.